The molecule has 5 rings (SSSR count). The number of nitrogens with zero attached hydrogens (tertiary/aromatic N) is 6. The number of hydrogen-bond acceptors (Lipinski definition) is 8. The van der Waals surface area contributed by atoms with E-state index in [-0.39, 0.29) is 0 Å². The third-order valence-electron chi connectivity index (χ3n) is 4.88. The highest BCUT2D eigenvalue weighted by Crippen LogP contribution is 2.28. The minimum absolute atomic E-state index is 0.454. The van der Waals surface area contributed by atoms with Gasteiger partial charge >= 0.3 is 0 Å². The number of pyridine rings is 1. The van der Waals surface area contributed by atoms with Gasteiger partial charge in [-0.25, -0.2) is 9.97 Å². The zero-order chi connectivity index (χ0) is 21.4. The second kappa shape index (κ2) is 7.93. The van der Waals surface area contributed by atoms with Crippen LogP contribution in [0.3, 0.4) is 0 Å². The average molecular weight is 449 g/mol. The quantitative estimate of drug-likeness (QED) is 0.388. The van der Waals surface area contributed by atoms with E-state index in [9.17, 15) is 0 Å². The second-order valence-corrected chi connectivity index (χ2v) is 8.22. The fourth-order valence-corrected chi connectivity index (χ4v) is 4.16. The summed E-state index contributed by atoms with van der Waals surface area (Å²) in [5.41, 5.74) is 12.1. The highest BCUT2D eigenvalue weighted by atomic mass is 35.5. The van der Waals surface area contributed by atoms with Crippen molar-refractivity contribution in [3.8, 4) is 21.8 Å². The minimum Gasteiger partial charge on any atom is -0.387 e. The van der Waals surface area contributed by atoms with Gasteiger partial charge in [-0.15, -0.1) is 10.2 Å². The smallest absolute Gasteiger partial charge is 0.203 e. The molecular weight excluding hydrogens is 432 g/mol. The zero-order valence-electron chi connectivity index (χ0n) is 16.5. The monoisotopic (exact) mass is 448 g/mol. The Hall–Kier alpha value is -3.56. The summed E-state index contributed by atoms with van der Waals surface area (Å²) < 4.78 is 2.03. The number of nitrogen functional groups attached to an aromatic ring is 1. The third-order valence-corrected chi connectivity index (χ3v) is 5.89. The summed E-state index contributed by atoms with van der Waals surface area (Å²) in [6.45, 7) is 0. The van der Waals surface area contributed by atoms with Crippen LogP contribution in [0.2, 0.25) is 5.15 Å². The van der Waals surface area contributed by atoms with Crippen molar-refractivity contribution in [2.45, 2.75) is 6.42 Å². The van der Waals surface area contributed by atoms with Crippen LogP contribution in [0.5, 0.6) is 0 Å². The van der Waals surface area contributed by atoms with E-state index < -0.39 is 0 Å². The first-order chi connectivity index (χ1) is 15.1. The number of aromatic nitrogens is 6. The molecule has 0 atom stereocenters. The first-order valence-corrected chi connectivity index (χ1v) is 10.6. The van der Waals surface area contributed by atoms with Gasteiger partial charge in [0, 0.05) is 30.8 Å². The lowest BCUT2D eigenvalue weighted by molar-refractivity contribution is 0.974. The summed E-state index contributed by atoms with van der Waals surface area (Å²) in [5.74, 6) is 0. The van der Waals surface area contributed by atoms with Gasteiger partial charge in [-0.1, -0.05) is 47.2 Å². The molecule has 0 saturated carbocycles. The van der Waals surface area contributed by atoms with Crippen molar-refractivity contribution < 1.29 is 0 Å². The largest absolute Gasteiger partial charge is 0.387 e. The Bertz CT molecular complexity index is 1380. The first-order valence-electron chi connectivity index (χ1n) is 9.45. The molecule has 4 heterocycles. The van der Waals surface area contributed by atoms with Crippen molar-refractivity contribution >= 4 is 39.4 Å². The van der Waals surface area contributed by atoms with Gasteiger partial charge in [-0.2, -0.15) is 0 Å². The molecule has 0 fully saturated rings. The van der Waals surface area contributed by atoms with Crippen molar-refractivity contribution in [1.29, 1.82) is 0 Å². The highest BCUT2D eigenvalue weighted by molar-refractivity contribution is 7.18. The SMILES string of the molecule is CNc1ccc(Cl)nc1Cc1cn2c(-c3ccc(-c4nnc(N)s4)cc3)cnc2cn1. The van der Waals surface area contributed by atoms with E-state index in [2.05, 4.69) is 30.5 Å². The van der Waals surface area contributed by atoms with Crippen molar-refractivity contribution in [3.63, 3.8) is 0 Å². The molecule has 154 valence electrons. The lowest BCUT2D eigenvalue weighted by Gasteiger charge is -2.09. The second-order valence-electron chi connectivity index (χ2n) is 6.83. The Kier molecular flexibility index (Phi) is 4.97. The number of hydrogen-bond donors (Lipinski definition) is 2. The van der Waals surface area contributed by atoms with Crippen LogP contribution in [0.25, 0.3) is 27.5 Å². The van der Waals surface area contributed by atoms with Crippen LogP contribution in [-0.2, 0) is 6.42 Å². The molecule has 8 nitrogen and oxygen atoms in total. The molecule has 1 aromatic carbocycles. The molecule has 0 aliphatic rings. The van der Waals surface area contributed by atoms with Crippen LogP contribution in [0.15, 0.2) is 55.0 Å². The van der Waals surface area contributed by atoms with Crippen LogP contribution in [-0.4, -0.2) is 36.6 Å². The standard InChI is InChI=1S/C21H17ClN8S/c1-24-15-6-7-18(22)27-16(15)8-14-11-30-17(9-26-19(30)10-25-14)12-2-4-13(5-3-12)20-28-29-21(23)31-20/h2-7,9-11,24H,8H2,1H3,(H2,23,29). The number of benzene rings is 1. The summed E-state index contributed by atoms with van der Waals surface area (Å²) in [5, 5.41) is 12.8. The van der Waals surface area contributed by atoms with E-state index >= 15 is 0 Å². The zero-order valence-corrected chi connectivity index (χ0v) is 18.0. The molecule has 0 radical (unpaired) electrons. The molecule has 0 amide bonds. The normalized spacial score (nSPS) is 11.2. The molecule has 10 heteroatoms. The van der Waals surface area contributed by atoms with E-state index in [1.807, 2.05) is 54.2 Å². The Labute approximate surface area is 186 Å². The van der Waals surface area contributed by atoms with Crippen molar-refractivity contribution in [2.24, 2.45) is 0 Å². The maximum absolute atomic E-state index is 6.09. The fourth-order valence-electron chi connectivity index (χ4n) is 3.38. The van der Waals surface area contributed by atoms with Crippen LogP contribution in [0.4, 0.5) is 10.8 Å². The summed E-state index contributed by atoms with van der Waals surface area (Å²) in [7, 11) is 1.86. The third kappa shape index (κ3) is 3.80. The van der Waals surface area contributed by atoms with E-state index in [0.717, 1.165) is 44.6 Å². The van der Waals surface area contributed by atoms with E-state index in [0.29, 0.717) is 16.7 Å². The molecule has 5 aromatic rings. The maximum atomic E-state index is 6.09. The van der Waals surface area contributed by atoms with Gasteiger partial charge < -0.3 is 11.1 Å². The lowest BCUT2D eigenvalue weighted by atomic mass is 10.1. The minimum atomic E-state index is 0.454. The van der Waals surface area contributed by atoms with Gasteiger partial charge in [0.1, 0.15) is 10.2 Å². The molecule has 3 N–H and O–H groups in total. The number of halogens is 1. The first kappa shape index (κ1) is 19.4. The Morgan fingerprint density at radius 3 is 2.58 bits per heavy atom. The number of anilines is 2. The molecule has 0 bridgehead atoms. The van der Waals surface area contributed by atoms with Crippen LogP contribution in [0, 0.1) is 0 Å². The molecule has 4 aromatic heterocycles. The molecule has 0 unspecified atom stereocenters. The molecule has 0 spiro atoms. The summed E-state index contributed by atoms with van der Waals surface area (Å²) in [4.78, 5) is 13.5. The summed E-state index contributed by atoms with van der Waals surface area (Å²) >= 11 is 7.45. The van der Waals surface area contributed by atoms with Crippen molar-refractivity contribution in [1.82, 2.24) is 29.5 Å². The van der Waals surface area contributed by atoms with Gasteiger partial charge in [-0.3, -0.25) is 9.38 Å². The molecule has 0 aliphatic carbocycles. The van der Waals surface area contributed by atoms with Gasteiger partial charge in [0.05, 0.1) is 35.2 Å². The van der Waals surface area contributed by atoms with Gasteiger partial charge in [0.25, 0.3) is 0 Å². The van der Waals surface area contributed by atoms with Crippen LogP contribution < -0.4 is 11.1 Å². The number of imidazole rings is 1. The Morgan fingerprint density at radius 1 is 1.03 bits per heavy atom. The fraction of sp³-hybridized carbons (Fsp3) is 0.0952. The number of rotatable bonds is 5. The molecular formula is C21H17ClN8S. The predicted octanol–water partition coefficient (Wildman–Crippen LogP) is 4.18. The summed E-state index contributed by atoms with van der Waals surface area (Å²) in [6.07, 6.45) is 6.14. The molecule has 0 saturated heterocycles. The van der Waals surface area contributed by atoms with E-state index in [4.69, 9.17) is 17.3 Å². The number of nitrogens with two attached hydrogens (primary N) is 1. The molecule has 0 aliphatic heterocycles. The van der Waals surface area contributed by atoms with Crippen molar-refractivity contribution in [2.75, 3.05) is 18.1 Å². The highest BCUT2D eigenvalue weighted by Gasteiger charge is 2.11. The lowest BCUT2D eigenvalue weighted by Crippen LogP contribution is -2.03. The van der Waals surface area contributed by atoms with Gasteiger partial charge in [-0.05, 0) is 12.1 Å². The number of fused-ring (bicyclic) bond motifs is 1. The van der Waals surface area contributed by atoms with Crippen molar-refractivity contribution in [3.05, 3.63) is 71.5 Å². The Morgan fingerprint density at radius 2 is 1.84 bits per heavy atom. The molecule has 31 heavy (non-hydrogen) atoms. The van der Waals surface area contributed by atoms with Crippen LogP contribution in [0.1, 0.15) is 11.4 Å². The van der Waals surface area contributed by atoms with Gasteiger partial charge in [0.15, 0.2) is 5.65 Å². The Balaban J connectivity index is 1.49. The van der Waals surface area contributed by atoms with E-state index in [1.54, 1.807) is 12.3 Å². The average Bonchev–Trinajstić information content (AvgIpc) is 3.40. The number of nitrogens with one attached hydrogen (secondary N) is 1. The predicted molar refractivity (Wildman–Crippen MR) is 123 cm³/mol. The van der Waals surface area contributed by atoms with E-state index in [1.165, 1.54) is 11.3 Å². The van der Waals surface area contributed by atoms with Crippen LogP contribution >= 0.6 is 22.9 Å². The summed E-state index contributed by atoms with van der Waals surface area (Å²) in [6, 6.07) is 11.8. The topological polar surface area (TPSA) is 107 Å². The maximum Gasteiger partial charge on any atom is 0.203 e. The van der Waals surface area contributed by atoms with Gasteiger partial charge in [0.2, 0.25) is 5.13 Å².